The predicted molar refractivity (Wildman–Crippen MR) is 90.5 cm³/mol. The van der Waals surface area contributed by atoms with Crippen molar-refractivity contribution in [1.82, 2.24) is 0 Å². The summed E-state index contributed by atoms with van der Waals surface area (Å²) >= 11 is 0. The van der Waals surface area contributed by atoms with Crippen LogP contribution in [-0.2, 0) is 9.31 Å². The summed E-state index contributed by atoms with van der Waals surface area (Å²) in [5, 5.41) is 12.3. The molecule has 0 bridgehead atoms. The van der Waals surface area contributed by atoms with Gasteiger partial charge in [-0.15, -0.1) is 0 Å². The maximum Gasteiger partial charge on any atom is 0.494 e. The van der Waals surface area contributed by atoms with Crippen molar-refractivity contribution in [3.63, 3.8) is 0 Å². The number of anilines is 1. The Balaban J connectivity index is 1.62. The molecule has 0 spiro atoms. The van der Waals surface area contributed by atoms with Crippen LogP contribution in [0, 0.1) is 11.2 Å². The van der Waals surface area contributed by atoms with Crippen LogP contribution in [0.5, 0.6) is 0 Å². The Labute approximate surface area is 133 Å². The van der Waals surface area contributed by atoms with Gasteiger partial charge in [0, 0.05) is 17.7 Å². The molecule has 0 unspecified atom stereocenters. The highest BCUT2D eigenvalue weighted by atomic mass is 16.7. The van der Waals surface area contributed by atoms with E-state index in [2.05, 4.69) is 51.1 Å². The molecule has 2 aliphatic heterocycles. The van der Waals surface area contributed by atoms with E-state index in [0.29, 0.717) is 6.04 Å². The lowest BCUT2D eigenvalue weighted by Gasteiger charge is -2.32. The molecule has 3 rings (SSSR count). The van der Waals surface area contributed by atoms with E-state index in [4.69, 9.17) is 14.6 Å². The molecule has 114 valence electrons. The van der Waals surface area contributed by atoms with Crippen molar-refractivity contribution < 1.29 is 9.31 Å². The molecule has 2 aliphatic rings. The lowest BCUT2D eigenvalue weighted by atomic mass is 9.34. The van der Waals surface area contributed by atoms with E-state index in [1.807, 2.05) is 12.1 Å². The van der Waals surface area contributed by atoms with E-state index >= 15 is 0 Å². The van der Waals surface area contributed by atoms with Crippen LogP contribution in [0.15, 0.2) is 24.3 Å². The highest BCUT2D eigenvalue weighted by molar-refractivity contribution is 6.70. The maximum atomic E-state index is 8.81. The topological polar surface area (TPSA) is 54.3 Å². The van der Waals surface area contributed by atoms with Gasteiger partial charge in [0.1, 0.15) is 0 Å². The third-order valence-electron chi connectivity index (χ3n) is 5.13. The average molecular weight is 296 g/mol. The lowest BCUT2D eigenvalue weighted by molar-refractivity contribution is 0.00578. The molecule has 22 heavy (non-hydrogen) atoms. The third kappa shape index (κ3) is 2.76. The van der Waals surface area contributed by atoms with Crippen molar-refractivity contribution in [3.05, 3.63) is 24.3 Å². The summed E-state index contributed by atoms with van der Waals surface area (Å²) in [6.45, 7) is 8.47. The SMILES string of the molecule is CC1(C)OB(c2ccc(NC3CB(C#N)C3)cc2)OC1(C)C. The highest BCUT2D eigenvalue weighted by Crippen LogP contribution is 2.36. The van der Waals surface area contributed by atoms with Gasteiger partial charge >= 0.3 is 7.12 Å². The van der Waals surface area contributed by atoms with E-state index in [1.54, 1.807) is 0 Å². The van der Waals surface area contributed by atoms with Gasteiger partial charge < -0.3 is 14.6 Å². The first-order valence-corrected chi connectivity index (χ1v) is 7.92. The Hall–Kier alpha value is -1.44. The molecule has 0 aliphatic carbocycles. The molecule has 2 fully saturated rings. The normalized spacial score (nSPS) is 23.0. The van der Waals surface area contributed by atoms with Crippen molar-refractivity contribution >= 4 is 25.0 Å². The second kappa shape index (κ2) is 5.33. The second-order valence-electron chi connectivity index (χ2n) is 7.35. The summed E-state index contributed by atoms with van der Waals surface area (Å²) in [6.07, 6.45) is 1.88. The average Bonchev–Trinajstić information content (AvgIpc) is 2.63. The van der Waals surface area contributed by atoms with E-state index in [0.717, 1.165) is 23.8 Å². The number of rotatable bonds is 3. The molecule has 6 heteroatoms. The number of nitrogens with one attached hydrogen (secondary N) is 1. The van der Waals surface area contributed by atoms with Crippen LogP contribution in [0.25, 0.3) is 0 Å². The summed E-state index contributed by atoms with van der Waals surface area (Å²) in [4.78, 5) is 0. The van der Waals surface area contributed by atoms with E-state index in [1.165, 1.54) is 0 Å². The van der Waals surface area contributed by atoms with Crippen LogP contribution in [0.3, 0.4) is 0 Å². The number of nitriles is 1. The monoisotopic (exact) mass is 296 g/mol. The van der Waals surface area contributed by atoms with Gasteiger partial charge in [-0.3, -0.25) is 0 Å². The second-order valence-corrected chi connectivity index (χ2v) is 7.35. The highest BCUT2D eigenvalue weighted by Gasteiger charge is 2.51. The fraction of sp³-hybridized carbons (Fsp3) is 0.562. The summed E-state index contributed by atoms with van der Waals surface area (Å²) in [7, 11) is -0.314. The van der Waals surface area contributed by atoms with Gasteiger partial charge in [0.05, 0.1) is 11.2 Å². The molecule has 0 amide bonds. The number of hydrogen-bond donors (Lipinski definition) is 1. The van der Waals surface area contributed by atoms with E-state index in [-0.39, 0.29) is 25.0 Å². The van der Waals surface area contributed by atoms with Crippen LogP contribution in [-0.4, -0.2) is 31.1 Å². The molecule has 0 radical (unpaired) electrons. The molecule has 1 aromatic rings. The maximum absolute atomic E-state index is 8.81. The number of benzene rings is 1. The number of hydrogen-bond acceptors (Lipinski definition) is 4. The minimum atomic E-state index is -0.314. The molecular weight excluding hydrogens is 274 g/mol. The van der Waals surface area contributed by atoms with Gasteiger partial charge in [-0.25, -0.2) is 5.26 Å². The molecule has 0 saturated carbocycles. The Morgan fingerprint density at radius 3 is 2.14 bits per heavy atom. The zero-order valence-electron chi connectivity index (χ0n) is 13.7. The molecule has 0 atom stereocenters. The fourth-order valence-electron chi connectivity index (χ4n) is 2.79. The standard InChI is InChI=1S/C16H22B2N2O2/c1-15(2)16(3,4)22-18(21-15)12-5-7-13(8-6-12)20-14-9-17(10-14)11-19/h5-8,14,20H,9-10H2,1-4H3. The quantitative estimate of drug-likeness (QED) is 0.870. The summed E-state index contributed by atoms with van der Waals surface area (Å²) in [6, 6.07) is 8.63. The fourth-order valence-corrected chi connectivity index (χ4v) is 2.79. The van der Waals surface area contributed by atoms with Crippen molar-refractivity contribution in [1.29, 1.82) is 5.26 Å². The van der Waals surface area contributed by atoms with Crippen molar-refractivity contribution in [2.45, 2.75) is 57.6 Å². The van der Waals surface area contributed by atoms with Gasteiger partial charge in [0.15, 0.2) is 0 Å². The summed E-state index contributed by atoms with van der Waals surface area (Å²) in [5.74, 6) is 2.31. The Bertz CT molecular complexity index is 573. The zero-order valence-corrected chi connectivity index (χ0v) is 13.7. The smallest absolute Gasteiger partial charge is 0.399 e. The predicted octanol–water partition coefficient (Wildman–Crippen LogP) is 2.34. The summed E-state index contributed by atoms with van der Waals surface area (Å²) < 4.78 is 12.1. The summed E-state index contributed by atoms with van der Waals surface area (Å²) in [5.41, 5.74) is 1.49. The largest absolute Gasteiger partial charge is 0.494 e. The van der Waals surface area contributed by atoms with Gasteiger partial charge in [0.2, 0.25) is 0 Å². The van der Waals surface area contributed by atoms with Gasteiger partial charge in [0.25, 0.3) is 6.71 Å². The molecule has 1 N–H and O–H groups in total. The zero-order chi connectivity index (χ0) is 16.0. The molecule has 2 saturated heterocycles. The first-order chi connectivity index (χ1) is 10.3. The van der Waals surface area contributed by atoms with Gasteiger partial charge in [-0.1, -0.05) is 12.1 Å². The van der Waals surface area contributed by atoms with Crippen LogP contribution < -0.4 is 10.8 Å². The van der Waals surface area contributed by atoms with Crippen molar-refractivity contribution in [2.24, 2.45) is 0 Å². The molecule has 1 aromatic carbocycles. The van der Waals surface area contributed by atoms with E-state index < -0.39 is 0 Å². The third-order valence-corrected chi connectivity index (χ3v) is 5.13. The molecular formula is C16H22B2N2O2. The van der Waals surface area contributed by atoms with Crippen molar-refractivity contribution in [2.75, 3.05) is 5.32 Å². The Kier molecular flexibility index (Phi) is 3.74. The van der Waals surface area contributed by atoms with Gasteiger partial charge in [-0.05, 0) is 57.9 Å². The first kappa shape index (κ1) is 15.5. The van der Waals surface area contributed by atoms with E-state index in [9.17, 15) is 0 Å². The molecule has 2 heterocycles. The Morgan fingerprint density at radius 1 is 1.09 bits per heavy atom. The lowest BCUT2D eigenvalue weighted by Crippen LogP contribution is -2.41. The minimum Gasteiger partial charge on any atom is -0.399 e. The van der Waals surface area contributed by atoms with Crippen LogP contribution >= 0.6 is 0 Å². The number of nitrogens with zero attached hydrogens (tertiary/aromatic N) is 1. The van der Waals surface area contributed by atoms with Crippen LogP contribution in [0.4, 0.5) is 5.69 Å². The van der Waals surface area contributed by atoms with Crippen LogP contribution in [0.1, 0.15) is 27.7 Å². The minimum absolute atomic E-state index is 0.224. The van der Waals surface area contributed by atoms with Gasteiger partial charge in [-0.2, -0.15) is 0 Å². The Morgan fingerprint density at radius 2 is 1.64 bits per heavy atom. The van der Waals surface area contributed by atoms with Crippen LogP contribution in [0.2, 0.25) is 12.6 Å². The molecule has 4 nitrogen and oxygen atoms in total. The molecule has 0 aromatic heterocycles. The van der Waals surface area contributed by atoms with Crippen molar-refractivity contribution in [3.8, 4) is 5.97 Å². The first-order valence-electron chi connectivity index (χ1n) is 7.92.